The minimum atomic E-state index is -0.427. The molecule has 1 atom stereocenters. The molecule has 0 aliphatic heterocycles. The van der Waals surface area contributed by atoms with Crippen molar-refractivity contribution in [1.82, 2.24) is 10.2 Å². The van der Waals surface area contributed by atoms with E-state index in [1.165, 1.54) is 12.1 Å². The molecule has 1 heterocycles. The minimum absolute atomic E-state index is 0.118. The second-order valence-corrected chi connectivity index (χ2v) is 4.14. The van der Waals surface area contributed by atoms with Gasteiger partial charge >= 0.3 is 0 Å². The first-order valence-electron chi connectivity index (χ1n) is 5.13. The van der Waals surface area contributed by atoms with Gasteiger partial charge in [0.15, 0.2) is 0 Å². The standard InChI is InChI=1S/C12H11ClFN3/c13-10-2-1-8(5-11(10)14)6-12(15)9-3-4-16-17-7-9/h1-5,7,12H,6,15H2. The summed E-state index contributed by atoms with van der Waals surface area (Å²) in [5, 5.41) is 7.55. The summed E-state index contributed by atoms with van der Waals surface area (Å²) in [6.45, 7) is 0. The zero-order valence-corrected chi connectivity index (χ0v) is 9.73. The van der Waals surface area contributed by atoms with Crippen LogP contribution in [0.1, 0.15) is 17.2 Å². The quantitative estimate of drug-likeness (QED) is 0.912. The second-order valence-electron chi connectivity index (χ2n) is 3.73. The van der Waals surface area contributed by atoms with E-state index < -0.39 is 5.82 Å². The number of hydrogen-bond donors (Lipinski definition) is 1. The molecule has 88 valence electrons. The van der Waals surface area contributed by atoms with Gasteiger partial charge in [-0.25, -0.2) is 4.39 Å². The van der Waals surface area contributed by atoms with E-state index >= 15 is 0 Å². The van der Waals surface area contributed by atoms with E-state index in [0.29, 0.717) is 6.42 Å². The molecular formula is C12H11ClFN3. The summed E-state index contributed by atoms with van der Waals surface area (Å²) in [6, 6.07) is 6.26. The van der Waals surface area contributed by atoms with E-state index in [-0.39, 0.29) is 11.1 Å². The molecular weight excluding hydrogens is 241 g/mol. The molecule has 1 aromatic heterocycles. The zero-order chi connectivity index (χ0) is 12.3. The Labute approximate surface area is 103 Å². The van der Waals surface area contributed by atoms with Crippen molar-refractivity contribution in [3.8, 4) is 0 Å². The lowest BCUT2D eigenvalue weighted by atomic mass is 10.0. The SMILES string of the molecule is NC(Cc1ccc(Cl)c(F)c1)c1ccnnc1. The van der Waals surface area contributed by atoms with E-state index in [1.54, 1.807) is 24.5 Å². The molecule has 3 nitrogen and oxygen atoms in total. The average Bonchev–Trinajstić information content (AvgIpc) is 2.35. The van der Waals surface area contributed by atoms with Gasteiger partial charge in [-0.05, 0) is 35.7 Å². The Balaban J connectivity index is 2.13. The highest BCUT2D eigenvalue weighted by atomic mass is 35.5. The molecule has 0 aliphatic carbocycles. The summed E-state index contributed by atoms with van der Waals surface area (Å²) in [5.74, 6) is -0.427. The van der Waals surface area contributed by atoms with Crippen LogP contribution >= 0.6 is 11.6 Å². The maximum Gasteiger partial charge on any atom is 0.142 e. The van der Waals surface area contributed by atoms with Crippen LogP contribution in [0.4, 0.5) is 4.39 Å². The van der Waals surface area contributed by atoms with E-state index in [9.17, 15) is 4.39 Å². The van der Waals surface area contributed by atoms with Crippen molar-refractivity contribution < 1.29 is 4.39 Å². The number of halogens is 2. The Morgan fingerprint density at radius 1 is 1.29 bits per heavy atom. The van der Waals surface area contributed by atoms with Gasteiger partial charge in [-0.1, -0.05) is 17.7 Å². The number of aromatic nitrogens is 2. The number of nitrogens with zero attached hydrogens (tertiary/aromatic N) is 2. The van der Waals surface area contributed by atoms with Crippen molar-refractivity contribution in [1.29, 1.82) is 0 Å². The summed E-state index contributed by atoms with van der Waals surface area (Å²) >= 11 is 5.61. The van der Waals surface area contributed by atoms with Gasteiger partial charge in [-0.2, -0.15) is 10.2 Å². The Hall–Kier alpha value is -1.52. The highest BCUT2D eigenvalue weighted by molar-refractivity contribution is 6.30. The summed E-state index contributed by atoms with van der Waals surface area (Å²) in [6.07, 6.45) is 3.72. The van der Waals surface area contributed by atoms with Crippen molar-refractivity contribution >= 4 is 11.6 Å². The molecule has 0 amide bonds. The van der Waals surface area contributed by atoms with Crippen LogP contribution in [0.15, 0.2) is 36.7 Å². The van der Waals surface area contributed by atoms with Gasteiger partial charge in [0.25, 0.3) is 0 Å². The van der Waals surface area contributed by atoms with E-state index in [2.05, 4.69) is 10.2 Å². The maximum atomic E-state index is 13.2. The van der Waals surface area contributed by atoms with Gasteiger partial charge in [0.1, 0.15) is 5.82 Å². The van der Waals surface area contributed by atoms with Crippen molar-refractivity contribution in [2.24, 2.45) is 5.73 Å². The van der Waals surface area contributed by atoms with Crippen molar-refractivity contribution in [3.63, 3.8) is 0 Å². The van der Waals surface area contributed by atoms with Gasteiger partial charge in [-0.15, -0.1) is 0 Å². The highest BCUT2D eigenvalue weighted by Gasteiger charge is 2.09. The second kappa shape index (κ2) is 5.21. The number of benzene rings is 1. The largest absolute Gasteiger partial charge is 0.324 e. The Kier molecular flexibility index (Phi) is 3.66. The van der Waals surface area contributed by atoms with Crippen LogP contribution < -0.4 is 5.73 Å². The molecule has 5 heteroatoms. The fraction of sp³-hybridized carbons (Fsp3) is 0.167. The first kappa shape index (κ1) is 12.0. The monoisotopic (exact) mass is 251 g/mol. The summed E-state index contributed by atoms with van der Waals surface area (Å²) < 4.78 is 13.2. The first-order valence-corrected chi connectivity index (χ1v) is 5.50. The molecule has 1 unspecified atom stereocenters. The average molecular weight is 252 g/mol. The number of nitrogens with two attached hydrogens (primary N) is 1. The van der Waals surface area contributed by atoms with Crippen LogP contribution in [0, 0.1) is 5.82 Å². The summed E-state index contributed by atoms with van der Waals surface area (Å²) in [7, 11) is 0. The summed E-state index contributed by atoms with van der Waals surface area (Å²) in [5.41, 5.74) is 7.66. The van der Waals surface area contributed by atoms with Crippen LogP contribution in [0.2, 0.25) is 5.02 Å². The van der Waals surface area contributed by atoms with E-state index in [4.69, 9.17) is 17.3 Å². The minimum Gasteiger partial charge on any atom is -0.324 e. The fourth-order valence-electron chi connectivity index (χ4n) is 1.56. The van der Waals surface area contributed by atoms with Crippen molar-refractivity contribution in [2.75, 3.05) is 0 Å². The molecule has 2 aromatic rings. The lowest BCUT2D eigenvalue weighted by Gasteiger charge is -2.11. The summed E-state index contributed by atoms with van der Waals surface area (Å²) in [4.78, 5) is 0. The third kappa shape index (κ3) is 2.99. The lowest BCUT2D eigenvalue weighted by molar-refractivity contribution is 0.622. The third-order valence-corrected chi connectivity index (χ3v) is 2.78. The van der Waals surface area contributed by atoms with Crippen LogP contribution in [0.5, 0.6) is 0 Å². The Morgan fingerprint density at radius 3 is 2.76 bits per heavy atom. The molecule has 0 bridgehead atoms. The first-order chi connectivity index (χ1) is 8.16. The molecule has 1 aromatic carbocycles. The molecule has 0 radical (unpaired) electrons. The third-order valence-electron chi connectivity index (χ3n) is 2.47. The van der Waals surface area contributed by atoms with Gasteiger partial charge in [0.05, 0.1) is 11.2 Å². The van der Waals surface area contributed by atoms with Gasteiger partial charge < -0.3 is 5.73 Å². The predicted octanol–water partition coefficient (Wildman–Crippen LogP) is 2.51. The van der Waals surface area contributed by atoms with Crippen LogP contribution in [-0.4, -0.2) is 10.2 Å². The van der Waals surface area contributed by atoms with Gasteiger partial charge in [0.2, 0.25) is 0 Å². The Bertz CT molecular complexity index is 504. The number of hydrogen-bond acceptors (Lipinski definition) is 3. The van der Waals surface area contributed by atoms with Crippen LogP contribution in [-0.2, 0) is 6.42 Å². The van der Waals surface area contributed by atoms with Crippen molar-refractivity contribution in [2.45, 2.75) is 12.5 Å². The normalized spacial score (nSPS) is 12.4. The van der Waals surface area contributed by atoms with Crippen LogP contribution in [0.25, 0.3) is 0 Å². The molecule has 17 heavy (non-hydrogen) atoms. The number of rotatable bonds is 3. The lowest BCUT2D eigenvalue weighted by Crippen LogP contribution is -2.13. The van der Waals surface area contributed by atoms with Crippen molar-refractivity contribution in [3.05, 3.63) is 58.6 Å². The Morgan fingerprint density at radius 2 is 2.12 bits per heavy atom. The molecule has 0 saturated carbocycles. The highest BCUT2D eigenvalue weighted by Crippen LogP contribution is 2.19. The molecule has 2 N–H and O–H groups in total. The topological polar surface area (TPSA) is 51.8 Å². The smallest absolute Gasteiger partial charge is 0.142 e. The van der Waals surface area contributed by atoms with E-state index in [0.717, 1.165) is 11.1 Å². The molecule has 0 fully saturated rings. The zero-order valence-electron chi connectivity index (χ0n) is 8.98. The van der Waals surface area contributed by atoms with Gasteiger partial charge in [-0.3, -0.25) is 0 Å². The molecule has 2 rings (SSSR count). The molecule has 0 aliphatic rings. The van der Waals surface area contributed by atoms with Crippen LogP contribution in [0.3, 0.4) is 0 Å². The predicted molar refractivity (Wildman–Crippen MR) is 64.1 cm³/mol. The van der Waals surface area contributed by atoms with E-state index in [1.807, 2.05) is 0 Å². The molecule has 0 spiro atoms. The van der Waals surface area contributed by atoms with Gasteiger partial charge in [0, 0.05) is 12.2 Å². The molecule has 0 saturated heterocycles. The maximum absolute atomic E-state index is 13.2. The fourth-order valence-corrected chi connectivity index (χ4v) is 1.68.